The van der Waals surface area contributed by atoms with Crippen LogP contribution in [-0.2, 0) is 4.74 Å². The first-order chi connectivity index (χ1) is 7.79. The monoisotopic (exact) mass is 223 g/mol. The number of oxime groups is 1. The maximum atomic E-state index is 8.46. The highest BCUT2D eigenvalue weighted by atomic mass is 16.5. The number of hydrogen-bond donors (Lipinski definition) is 2. The number of hydrogen-bond acceptors (Lipinski definition) is 5. The second kappa shape index (κ2) is 4.80. The molecule has 1 unspecified atom stereocenters. The highest BCUT2D eigenvalue weighted by Crippen LogP contribution is 2.15. The predicted octanol–water partition coefficient (Wildman–Crippen LogP) is 0.344. The van der Waals surface area contributed by atoms with E-state index in [1.165, 1.54) is 0 Å². The molecule has 16 heavy (non-hydrogen) atoms. The van der Waals surface area contributed by atoms with Crippen LogP contribution in [0, 0.1) is 0 Å². The van der Waals surface area contributed by atoms with Crippen molar-refractivity contribution in [2.45, 2.75) is 12.5 Å². The number of pyridine rings is 1. The molecule has 1 aromatic heterocycles. The van der Waals surface area contributed by atoms with Gasteiger partial charge in [-0.1, -0.05) is 5.16 Å². The average molecular weight is 223 g/mol. The molecule has 0 spiro atoms. The number of nitrogens with zero attached hydrogens (tertiary/aromatic N) is 2. The summed E-state index contributed by atoms with van der Waals surface area (Å²) in [4.78, 5) is 4.01. The van der Waals surface area contributed by atoms with Gasteiger partial charge < -0.3 is 20.4 Å². The van der Waals surface area contributed by atoms with Crippen LogP contribution in [0.2, 0.25) is 0 Å². The van der Waals surface area contributed by atoms with Crippen molar-refractivity contribution in [3.63, 3.8) is 0 Å². The summed E-state index contributed by atoms with van der Waals surface area (Å²) in [7, 11) is 0. The van der Waals surface area contributed by atoms with Crippen molar-refractivity contribution < 1.29 is 14.7 Å². The van der Waals surface area contributed by atoms with Gasteiger partial charge in [-0.25, -0.2) is 4.98 Å². The highest BCUT2D eigenvalue weighted by molar-refractivity contribution is 5.95. The second-order valence-electron chi connectivity index (χ2n) is 3.47. The summed E-state index contributed by atoms with van der Waals surface area (Å²) in [5, 5.41) is 11.3. The molecule has 2 heterocycles. The Kier molecular flexibility index (Phi) is 3.21. The lowest BCUT2D eigenvalue weighted by atomic mass is 10.3. The van der Waals surface area contributed by atoms with E-state index < -0.39 is 0 Å². The molecule has 1 aliphatic heterocycles. The third kappa shape index (κ3) is 2.40. The Bertz CT molecular complexity index is 371. The van der Waals surface area contributed by atoms with Gasteiger partial charge in [0, 0.05) is 6.42 Å². The molecule has 1 fully saturated rings. The van der Waals surface area contributed by atoms with Crippen LogP contribution < -0.4 is 10.5 Å². The SMILES string of the molecule is N/C(=N/O)c1ccc(OC2CCOC2)cn1. The Balaban J connectivity index is 2.01. The van der Waals surface area contributed by atoms with Gasteiger partial charge >= 0.3 is 0 Å². The third-order valence-corrected chi connectivity index (χ3v) is 2.30. The van der Waals surface area contributed by atoms with Crippen LogP contribution in [0.1, 0.15) is 12.1 Å². The molecule has 6 heteroatoms. The first-order valence-electron chi connectivity index (χ1n) is 4.98. The van der Waals surface area contributed by atoms with Crippen LogP contribution in [0.4, 0.5) is 0 Å². The van der Waals surface area contributed by atoms with Gasteiger partial charge in [-0.05, 0) is 12.1 Å². The molecule has 0 aliphatic carbocycles. The molecule has 1 aromatic rings. The van der Waals surface area contributed by atoms with Crippen molar-refractivity contribution in [2.75, 3.05) is 13.2 Å². The summed E-state index contributed by atoms with van der Waals surface area (Å²) >= 11 is 0. The van der Waals surface area contributed by atoms with Gasteiger partial charge in [-0.15, -0.1) is 0 Å². The molecule has 1 atom stereocenters. The molecule has 0 radical (unpaired) electrons. The lowest BCUT2D eigenvalue weighted by Crippen LogP contribution is -2.17. The third-order valence-electron chi connectivity index (χ3n) is 2.30. The van der Waals surface area contributed by atoms with Gasteiger partial charge in [0.05, 0.1) is 19.4 Å². The van der Waals surface area contributed by atoms with Crippen molar-refractivity contribution in [2.24, 2.45) is 10.9 Å². The molecule has 86 valence electrons. The van der Waals surface area contributed by atoms with E-state index in [4.69, 9.17) is 20.4 Å². The van der Waals surface area contributed by atoms with E-state index in [1.807, 2.05) is 0 Å². The molecular formula is C10H13N3O3. The summed E-state index contributed by atoms with van der Waals surface area (Å²) in [5.74, 6) is 0.640. The van der Waals surface area contributed by atoms with Crippen molar-refractivity contribution in [1.82, 2.24) is 4.98 Å². The Morgan fingerprint density at radius 1 is 1.62 bits per heavy atom. The molecule has 1 aliphatic rings. The number of nitrogens with two attached hydrogens (primary N) is 1. The molecule has 0 bridgehead atoms. The lowest BCUT2D eigenvalue weighted by molar-refractivity contribution is 0.141. The van der Waals surface area contributed by atoms with Crippen LogP contribution in [-0.4, -0.2) is 35.3 Å². The number of ether oxygens (including phenoxy) is 2. The summed E-state index contributed by atoms with van der Waals surface area (Å²) in [6.07, 6.45) is 2.53. The van der Waals surface area contributed by atoms with E-state index in [-0.39, 0.29) is 11.9 Å². The van der Waals surface area contributed by atoms with Crippen molar-refractivity contribution in [3.8, 4) is 5.75 Å². The van der Waals surface area contributed by atoms with E-state index in [2.05, 4.69) is 10.1 Å². The minimum Gasteiger partial charge on any atom is -0.486 e. The minimum atomic E-state index is -0.0178. The van der Waals surface area contributed by atoms with Crippen LogP contribution in [0.3, 0.4) is 0 Å². The number of rotatable bonds is 3. The van der Waals surface area contributed by atoms with E-state index in [0.29, 0.717) is 18.1 Å². The zero-order chi connectivity index (χ0) is 11.4. The maximum Gasteiger partial charge on any atom is 0.188 e. The highest BCUT2D eigenvalue weighted by Gasteiger charge is 2.17. The van der Waals surface area contributed by atoms with Gasteiger partial charge in [0.15, 0.2) is 5.84 Å². The van der Waals surface area contributed by atoms with Gasteiger partial charge in [-0.2, -0.15) is 0 Å². The maximum absolute atomic E-state index is 8.46. The van der Waals surface area contributed by atoms with Crippen molar-refractivity contribution >= 4 is 5.84 Å². The minimum absolute atomic E-state index is 0.0178. The quantitative estimate of drug-likeness (QED) is 0.334. The number of aromatic nitrogens is 1. The smallest absolute Gasteiger partial charge is 0.188 e. The summed E-state index contributed by atoms with van der Waals surface area (Å²) in [6.45, 7) is 1.35. The zero-order valence-corrected chi connectivity index (χ0v) is 8.67. The summed E-state index contributed by atoms with van der Waals surface area (Å²) in [5.41, 5.74) is 5.80. The summed E-state index contributed by atoms with van der Waals surface area (Å²) in [6, 6.07) is 3.37. The van der Waals surface area contributed by atoms with Crippen LogP contribution in [0.15, 0.2) is 23.5 Å². The Hall–Kier alpha value is -1.82. The van der Waals surface area contributed by atoms with Gasteiger partial charge in [0.2, 0.25) is 0 Å². The van der Waals surface area contributed by atoms with Crippen LogP contribution >= 0.6 is 0 Å². The molecule has 0 amide bonds. The topological polar surface area (TPSA) is 90.0 Å². The second-order valence-corrected chi connectivity index (χ2v) is 3.47. The standard InChI is InChI=1S/C10H13N3O3/c11-10(13-14)9-2-1-7(5-12-9)16-8-3-4-15-6-8/h1-2,5,8,14H,3-4,6H2,(H2,11,13). The molecule has 1 saturated heterocycles. The predicted molar refractivity (Wildman–Crippen MR) is 56.6 cm³/mol. The molecule has 6 nitrogen and oxygen atoms in total. The van der Waals surface area contributed by atoms with Crippen LogP contribution in [0.25, 0.3) is 0 Å². The van der Waals surface area contributed by atoms with E-state index in [9.17, 15) is 0 Å². The lowest BCUT2D eigenvalue weighted by Gasteiger charge is -2.11. The molecular weight excluding hydrogens is 210 g/mol. The number of amidine groups is 1. The van der Waals surface area contributed by atoms with Crippen molar-refractivity contribution in [3.05, 3.63) is 24.0 Å². The van der Waals surface area contributed by atoms with Crippen LogP contribution in [0.5, 0.6) is 5.75 Å². The molecule has 0 saturated carbocycles. The molecule has 2 rings (SSSR count). The Labute approximate surface area is 92.7 Å². The van der Waals surface area contributed by atoms with Gasteiger partial charge in [0.1, 0.15) is 17.5 Å². The van der Waals surface area contributed by atoms with E-state index in [0.717, 1.165) is 13.0 Å². The van der Waals surface area contributed by atoms with Gasteiger partial charge in [0.25, 0.3) is 0 Å². The first kappa shape index (κ1) is 10.7. The fraction of sp³-hybridized carbons (Fsp3) is 0.400. The molecule has 0 aromatic carbocycles. The largest absolute Gasteiger partial charge is 0.486 e. The van der Waals surface area contributed by atoms with Gasteiger partial charge in [-0.3, -0.25) is 0 Å². The first-order valence-corrected chi connectivity index (χ1v) is 4.98. The van der Waals surface area contributed by atoms with E-state index >= 15 is 0 Å². The van der Waals surface area contributed by atoms with Crippen molar-refractivity contribution in [1.29, 1.82) is 0 Å². The fourth-order valence-corrected chi connectivity index (χ4v) is 1.45. The zero-order valence-electron chi connectivity index (χ0n) is 8.67. The normalized spacial score (nSPS) is 21.0. The summed E-state index contributed by atoms with van der Waals surface area (Å²) < 4.78 is 10.8. The Morgan fingerprint density at radius 2 is 2.50 bits per heavy atom. The van der Waals surface area contributed by atoms with E-state index in [1.54, 1.807) is 18.3 Å². The molecule has 3 N–H and O–H groups in total. The Morgan fingerprint density at radius 3 is 3.06 bits per heavy atom. The average Bonchev–Trinajstić information content (AvgIpc) is 2.82. The fourth-order valence-electron chi connectivity index (χ4n) is 1.45.